The monoisotopic (exact) mass is 345 g/mol. The molecule has 1 aliphatic heterocycles. The number of pyridine rings is 1. The molecule has 3 nitrogen and oxygen atoms in total. The van der Waals surface area contributed by atoms with E-state index in [0.29, 0.717) is 5.56 Å². The maximum atomic E-state index is 12.8. The van der Waals surface area contributed by atoms with E-state index in [1.807, 2.05) is 13.0 Å². The van der Waals surface area contributed by atoms with Gasteiger partial charge < -0.3 is 9.88 Å². The quantitative estimate of drug-likeness (QED) is 0.702. The van der Waals surface area contributed by atoms with E-state index in [-0.39, 0.29) is 0 Å². The largest absolute Gasteiger partial charge is 0.433 e. The van der Waals surface area contributed by atoms with E-state index >= 15 is 0 Å². The Labute approximate surface area is 143 Å². The molecule has 2 aromatic heterocycles. The van der Waals surface area contributed by atoms with Gasteiger partial charge in [0.15, 0.2) is 0 Å². The lowest BCUT2D eigenvalue weighted by atomic mass is 9.98. The Hall–Kier alpha value is -2.34. The van der Waals surface area contributed by atoms with Crippen LogP contribution in [0.5, 0.6) is 0 Å². The molecule has 25 heavy (non-hydrogen) atoms. The normalized spacial score (nSPS) is 15.6. The zero-order chi connectivity index (χ0) is 17.8. The third-order valence-corrected chi connectivity index (χ3v) is 4.78. The first-order chi connectivity index (χ1) is 11.8. The Kier molecular flexibility index (Phi) is 3.61. The zero-order valence-corrected chi connectivity index (χ0v) is 14.0. The van der Waals surface area contributed by atoms with Crippen LogP contribution in [0.1, 0.15) is 22.5 Å². The Bertz CT molecular complexity index is 939. The van der Waals surface area contributed by atoms with Gasteiger partial charge >= 0.3 is 6.18 Å². The molecule has 3 aromatic rings. The minimum atomic E-state index is -4.42. The van der Waals surface area contributed by atoms with E-state index < -0.39 is 11.9 Å². The number of aryl methyl sites for hydroxylation is 1. The fourth-order valence-corrected chi connectivity index (χ4v) is 3.54. The first-order valence-corrected chi connectivity index (χ1v) is 8.19. The molecule has 0 radical (unpaired) electrons. The van der Waals surface area contributed by atoms with Gasteiger partial charge in [-0.3, -0.25) is 4.98 Å². The molecule has 0 saturated heterocycles. The molecule has 6 heteroatoms. The highest BCUT2D eigenvalue weighted by molar-refractivity contribution is 5.97. The summed E-state index contributed by atoms with van der Waals surface area (Å²) in [5.74, 6) is 0. The third kappa shape index (κ3) is 2.80. The summed E-state index contributed by atoms with van der Waals surface area (Å²) in [4.78, 5) is 9.38. The molecule has 0 bridgehead atoms. The lowest BCUT2D eigenvalue weighted by Crippen LogP contribution is -2.25. The van der Waals surface area contributed by atoms with Crippen LogP contribution in [0.15, 0.2) is 30.5 Å². The molecule has 0 amide bonds. The molecule has 0 atom stereocenters. The lowest BCUT2D eigenvalue weighted by molar-refractivity contribution is -0.141. The molecule has 4 rings (SSSR count). The number of halogens is 3. The van der Waals surface area contributed by atoms with Crippen molar-refractivity contribution in [3.8, 4) is 11.1 Å². The van der Waals surface area contributed by atoms with Gasteiger partial charge in [0, 0.05) is 47.9 Å². The second kappa shape index (κ2) is 5.59. The fourth-order valence-electron chi connectivity index (χ4n) is 3.54. The van der Waals surface area contributed by atoms with E-state index in [9.17, 15) is 13.2 Å². The van der Waals surface area contributed by atoms with Gasteiger partial charge in [0.25, 0.3) is 0 Å². The number of nitrogens with one attached hydrogen (secondary N) is 1. The van der Waals surface area contributed by atoms with Crippen LogP contribution in [0.4, 0.5) is 13.2 Å². The number of hydrogen-bond donors (Lipinski definition) is 1. The van der Waals surface area contributed by atoms with Gasteiger partial charge in [-0.1, -0.05) is 6.07 Å². The molecule has 1 aliphatic rings. The number of aromatic nitrogens is 2. The molecule has 0 fully saturated rings. The van der Waals surface area contributed by atoms with Crippen molar-refractivity contribution < 1.29 is 13.2 Å². The van der Waals surface area contributed by atoms with E-state index in [2.05, 4.69) is 28.0 Å². The molecule has 0 unspecified atom stereocenters. The van der Waals surface area contributed by atoms with Gasteiger partial charge in [0.05, 0.1) is 5.52 Å². The predicted molar refractivity (Wildman–Crippen MR) is 91.3 cm³/mol. The molecule has 0 saturated carbocycles. The van der Waals surface area contributed by atoms with E-state index in [1.54, 1.807) is 0 Å². The summed E-state index contributed by atoms with van der Waals surface area (Å²) >= 11 is 0. The first-order valence-electron chi connectivity index (χ1n) is 8.19. The summed E-state index contributed by atoms with van der Waals surface area (Å²) in [7, 11) is 2.10. The molecule has 0 aliphatic carbocycles. The van der Waals surface area contributed by atoms with E-state index in [4.69, 9.17) is 0 Å². The number of nitrogens with zero attached hydrogens (tertiary/aromatic N) is 2. The third-order valence-electron chi connectivity index (χ3n) is 4.78. The number of rotatable bonds is 1. The van der Waals surface area contributed by atoms with Crippen LogP contribution in [0.25, 0.3) is 22.0 Å². The number of benzene rings is 1. The highest BCUT2D eigenvalue weighted by Crippen LogP contribution is 2.36. The van der Waals surface area contributed by atoms with Crippen molar-refractivity contribution in [2.24, 2.45) is 0 Å². The Morgan fingerprint density at radius 2 is 2.00 bits per heavy atom. The second-order valence-electron chi connectivity index (χ2n) is 6.73. The summed E-state index contributed by atoms with van der Waals surface area (Å²) < 4.78 is 38.3. The highest BCUT2D eigenvalue weighted by atomic mass is 19.4. The minimum Gasteiger partial charge on any atom is -0.358 e. The minimum absolute atomic E-state index is 0.689. The molecule has 1 aromatic carbocycles. The van der Waals surface area contributed by atoms with Crippen LogP contribution in [0.2, 0.25) is 0 Å². The van der Waals surface area contributed by atoms with E-state index in [0.717, 1.165) is 47.6 Å². The molecular weight excluding hydrogens is 327 g/mol. The standard InChI is InChI=1S/C19H18F3N3/c1-11-7-13(12-3-4-17(23-9-12)19(20,21)22)18-14(8-11)15-10-25(2)6-5-16(15)24-18/h3-4,7-9,24H,5-6,10H2,1-2H3. The van der Waals surface area contributed by atoms with Crippen LogP contribution in [-0.4, -0.2) is 28.5 Å². The van der Waals surface area contributed by atoms with Crippen LogP contribution >= 0.6 is 0 Å². The lowest BCUT2D eigenvalue weighted by Gasteiger charge is -2.22. The van der Waals surface area contributed by atoms with Gasteiger partial charge in [-0.05, 0) is 43.3 Å². The summed E-state index contributed by atoms with van der Waals surface area (Å²) in [5.41, 5.74) is 5.28. The average molecular weight is 345 g/mol. The van der Waals surface area contributed by atoms with Crippen molar-refractivity contribution in [1.29, 1.82) is 0 Å². The summed E-state index contributed by atoms with van der Waals surface area (Å²) in [6, 6.07) is 6.68. The van der Waals surface area contributed by atoms with Crippen LogP contribution in [-0.2, 0) is 19.1 Å². The topological polar surface area (TPSA) is 31.9 Å². The Morgan fingerprint density at radius 1 is 1.20 bits per heavy atom. The van der Waals surface area contributed by atoms with Crippen LogP contribution in [0, 0.1) is 6.92 Å². The van der Waals surface area contributed by atoms with Gasteiger partial charge in [0.2, 0.25) is 0 Å². The van der Waals surface area contributed by atoms with Crippen molar-refractivity contribution in [3.05, 3.63) is 53.0 Å². The maximum Gasteiger partial charge on any atom is 0.433 e. The smallest absolute Gasteiger partial charge is 0.358 e. The Balaban J connectivity index is 1.87. The summed E-state index contributed by atoms with van der Waals surface area (Å²) in [6.45, 7) is 3.88. The Morgan fingerprint density at radius 3 is 2.68 bits per heavy atom. The first kappa shape index (κ1) is 16.1. The summed E-state index contributed by atoms with van der Waals surface area (Å²) in [5, 5.41) is 1.15. The highest BCUT2D eigenvalue weighted by Gasteiger charge is 2.32. The second-order valence-corrected chi connectivity index (χ2v) is 6.73. The molecule has 130 valence electrons. The van der Waals surface area contributed by atoms with Gasteiger partial charge in [-0.15, -0.1) is 0 Å². The van der Waals surface area contributed by atoms with Crippen molar-refractivity contribution >= 4 is 10.9 Å². The average Bonchev–Trinajstić information content (AvgIpc) is 2.91. The number of aromatic amines is 1. The van der Waals surface area contributed by atoms with Crippen molar-refractivity contribution in [2.45, 2.75) is 26.1 Å². The molecule has 1 N–H and O–H groups in total. The number of alkyl halides is 3. The number of hydrogen-bond acceptors (Lipinski definition) is 2. The predicted octanol–water partition coefficient (Wildman–Crippen LogP) is 4.55. The maximum absolute atomic E-state index is 12.8. The molecular formula is C19H18F3N3. The zero-order valence-electron chi connectivity index (χ0n) is 14.0. The van der Waals surface area contributed by atoms with Crippen molar-refractivity contribution in [2.75, 3.05) is 13.6 Å². The number of likely N-dealkylation sites (N-methyl/N-ethyl adjacent to an activating group) is 1. The van der Waals surface area contributed by atoms with Crippen LogP contribution in [0.3, 0.4) is 0 Å². The van der Waals surface area contributed by atoms with Gasteiger partial charge in [0.1, 0.15) is 5.69 Å². The van der Waals surface area contributed by atoms with Gasteiger partial charge in [-0.2, -0.15) is 13.2 Å². The van der Waals surface area contributed by atoms with E-state index in [1.165, 1.54) is 23.5 Å². The number of fused-ring (bicyclic) bond motifs is 3. The molecule has 0 spiro atoms. The van der Waals surface area contributed by atoms with Crippen LogP contribution < -0.4 is 0 Å². The fraction of sp³-hybridized carbons (Fsp3) is 0.316. The van der Waals surface area contributed by atoms with Gasteiger partial charge in [-0.25, -0.2) is 0 Å². The number of H-pyrrole nitrogens is 1. The SMILES string of the molecule is Cc1cc(-c2ccc(C(F)(F)F)nc2)c2[nH]c3c(c2c1)CN(C)CC3. The molecule has 3 heterocycles. The summed E-state index contributed by atoms with van der Waals surface area (Å²) in [6.07, 6.45) is -2.16. The van der Waals surface area contributed by atoms with Crippen molar-refractivity contribution in [3.63, 3.8) is 0 Å². The van der Waals surface area contributed by atoms with Crippen molar-refractivity contribution in [1.82, 2.24) is 14.9 Å².